The summed E-state index contributed by atoms with van der Waals surface area (Å²) in [5, 5.41) is 3.05. The first-order valence-corrected chi connectivity index (χ1v) is 6.84. The molecule has 3 N–H and O–H groups in total. The van der Waals surface area contributed by atoms with Crippen LogP contribution >= 0.6 is 11.3 Å². The van der Waals surface area contributed by atoms with E-state index < -0.39 is 18.6 Å². The van der Waals surface area contributed by atoms with Crippen LogP contribution in [0, 0.1) is 0 Å². The smallest absolute Gasteiger partial charge is 0.391 e. The lowest BCUT2D eigenvalue weighted by molar-refractivity contribution is -0.136. The number of rotatable bonds is 6. The van der Waals surface area contributed by atoms with Gasteiger partial charge in [0.15, 0.2) is 11.5 Å². The van der Waals surface area contributed by atoms with E-state index in [1.807, 2.05) is 0 Å². The molecule has 1 heterocycles. The van der Waals surface area contributed by atoms with Crippen LogP contribution in [-0.2, 0) is 0 Å². The number of Topliss-reactive ketones (excluding diaryl/α,β-unsaturated/α-hetero) is 1. The lowest BCUT2D eigenvalue weighted by atomic mass is 10.2. The maximum Gasteiger partial charge on any atom is 0.391 e. The van der Waals surface area contributed by atoms with Gasteiger partial charge in [-0.2, -0.15) is 13.2 Å². The van der Waals surface area contributed by atoms with E-state index in [1.54, 1.807) is 6.92 Å². The monoisotopic (exact) mass is 310 g/mol. The maximum atomic E-state index is 12.3. The van der Waals surface area contributed by atoms with Crippen molar-refractivity contribution in [2.24, 2.45) is 0 Å². The van der Waals surface area contributed by atoms with E-state index in [4.69, 9.17) is 10.5 Å². The van der Waals surface area contributed by atoms with Gasteiger partial charge >= 0.3 is 6.18 Å². The third kappa shape index (κ3) is 4.03. The van der Waals surface area contributed by atoms with Gasteiger partial charge in [-0.3, -0.25) is 4.79 Å². The molecule has 1 rings (SSSR count). The zero-order valence-corrected chi connectivity index (χ0v) is 12.2. The minimum atomic E-state index is -4.26. The minimum Gasteiger partial charge on any atom is -0.492 e. The van der Waals surface area contributed by atoms with Gasteiger partial charge in [0.2, 0.25) is 0 Å². The topological polar surface area (TPSA) is 64.3 Å². The first-order chi connectivity index (χ1) is 9.19. The van der Waals surface area contributed by atoms with Gasteiger partial charge in [-0.05, 0) is 6.92 Å². The number of anilines is 2. The minimum absolute atomic E-state index is 0.165. The molecule has 0 bridgehead atoms. The standard InChI is InChI=1S/C12H17F3N2O2S/c1-4-7(18)10-8(16)9(19-3)11(20-10)17-6(2)5-12(13,14)15/h6,17H,4-5,16H2,1-3H3. The van der Waals surface area contributed by atoms with Crippen LogP contribution < -0.4 is 15.8 Å². The lowest BCUT2D eigenvalue weighted by Crippen LogP contribution is -2.23. The summed E-state index contributed by atoms with van der Waals surface area (Å²) in [5.74, 6) is 0.0585. The molecule has 8 heteroatoms. The summed E-state index contributed by atoms with van der Waals surface area (Å²) in [4.78, 5) is 12.0. The third-order valence-corrected chi connectivity index (χ3v) is 3.75. The molecule has 1 unspecified atom stereocenters. The van der Waals surface area contributed by atoms with Crippen LogP contribution in [0.4, 0.5) is 23.9 Å². The zero-order chi connectivity index (χ0) is 15.5. The summed E-state index contributed by atoms with van der Waals surface area (Å²) in [6.45, 7) is 3.09. The van der Waals surface area contributed by atoms with Gasteiger partial charge in [0, 0.05) is 12.5 Å². The molecule has 20 heavy (non-hydrogen) atoms. The fourth-order valence-corrected chi connectivity index (χ4v) is 2.93. The molecule has 4 nitrogen and oxygen atoms in total. The Morgan fingerprint density at radius 1 is 1.50 bits per heavy atom. The first kappa shape index (κ1) is 16.6. The van der Waals surface area contributed by atoms with Crippen molar-refractivity contribution in [1.82, 2.24) is 0 Å². The van der Waals surface area contributed by atoms with Crippen molar-refractivity contribution in [3.8, 4) is 5.75 Å². The molecule has 1 atom stereocenters. The van der Waals surface area contributed by atoms with E-state index >= 15 is 0 Å². The first-order valence-electron chi connectivity index (χ1n) is 6.02. The average molecular weight is 310 g/mol. The largest absolute Gasteiger partial charge is 0.492 e. The van der Waals surface area contributed by atoms with E-state index in [9.17, 15) is 18.0 Å². The Morgan fingerprint density at radius 2 is 2.10 bits per heavy atom. The second kappa shape index (κ2) is 6.34. The van der Waals surface area contributed by atoms with Crippen LogP contribution in [0.5, 0.6) is 5.75 Å². The SMILES string of the molecule is CCC(=O)c1sc(NC(C)CC(F)(F)F)c(OC)c1N. The van der Waals surface area contributed by atoms with Crippen LogP contribution in [0.1, 0.15) is 36.4 Å². The van der Waals surface area contributed by atoms with Gasteiger partial charge in [0.25, 0.3) is 0 Å². The van der Waals surface area contributed by atoms with Gasteiger partial charge in [0.05, 0.1) is 24.1 Å². The number of halogens is 3. The van der Waals surface area contributed by atoms with Crippen molar-refractivity contribution in [2.45, 2.75) is 38.9 Å². The van der Waals surface area contributed by atoms with Crippen molar-refractivity contribution < 1.29 is 22.7 Å². The molecule has 114 valence electrons. The molecule has 0 saturated heterocycles. The summed E-state index contributed by atoms with van der Waals surface area (Å²) in [6.07, 6.45) is -4.97. The summed E-state index contributed by atoms with van der Waals surface area (Å²) < 4.78 is 42.0. The van der Waals surface area contributed by atoms with Gasteiger partial charge < -0.3 is 15.8 Å². The second-order valence-electron chi connectivity index (χ2n) is 4.35. The quantitative estimate of drug-likeness (QED) is 0.787. The molecule has 0 spiro atoms. The van der Waals surface area contributed by atoms with Gasteiger partial charge in [-0.15, -0.1) is 11.3 Å². The molecule has 0 amide bonds. The number of thiophene rings is 1. The number of alkyl halides is 3. The van der Waals surface area contributed by atoms with Crippen molar-refractivity contribution in [2.75, 3.05) is 18.2 Å². The Hall–Kier alpha value is -1.44. The average Bonchev–Trinajstić information content (AvgIpc) is 2.62. The molecule has 0 saturated carbocycles. The molecule has 0 aromatic carbocycles. The number of nitrogens with two attached hydrogens (primary N) is 1. The number of carbonyl (C=O) groups is 1. The Labute approximate surface area is 119 Å². The van der Waals surface area contributed by atoms with E-state index in [0.717, 1.165) is 11.3 Å². The van der Waals surface area contributed by atoms with Crippen LogP contribution in [0.2, 0.25) is 0 Å². The molecular formula is C12H17F3N2O2S. The molecule has 0 aliphatic rings. The molecule has 1 aromatic heterocycles. The number of nitrogens with one attached hydrogen (secondary N) is 1. The number of ketones is 1. The highest BCUT2D eigenvalue weighted by atomic mass is 32.1. The normalized spacial score (nSPS) is 13.1. The second-order valence-corrected chi connectivity index (χ2v) is 5.37. The Morgan fingerprint density at radius 3 is 2.55 bits per heavy atom. The van der Waals surface area contributed by atoms with E-state index in [0.29, 0.717) is 9.88 Å². The predicted octanol–water partition coefficient (Wildman–Crippen LogP) is 3.68. The van der Waals surface area contributed by atoms with E-state index in [1.165, 1.54) is 14.0 Å². The highest BCUT2D eigenvalue weighted by Crippen LogP contribution is 2.43. The number of hydrogen-bond acceptors (Lipinski definition) is 5. The molecule has 0 aliphatic carbocycles. The Kier molecular flexibility index (Phi) is 5.27. The van der Waals surface area contributed by atoms with Gasteiger partial charge in [-0.1, -0.05) is 6.92 Å². The molecule has 0 fully saturated rings. The number of nitrogen functional groups attached to an aromatic ring is 1. The third-order valence-electron chi connectivity index (χ3n) is 2.59. The molecule has 1 aromatic rings. The van der Waals surface area contributed by atoms with E-state index in [-0.39, 0.29) is 23.6 Å². The Balaban J connectivity index is 2.98. The fraction of sp³-hybridized carbons (Fsp3) is 0.583. The summed E-state index contributed by atoms with van der Waals surface area (Å²) >= 11 is 1.02. The molecule has 0 radical (unpaired) electrons. The zero-order valence-electron chi connectivity index (χ0n) is 11.4. The van der Waals surface area contributed by atoms with Crippen molar-refractivity contribution in [3.63, 3.8) is 0 Å². The van der Waals surface area contributed by atoms with Crippen molar-refractivity contribution in [3.05, 3.63) is 4.88 Å². The fourth-order valence-electron chi connectivity index (χ4n) is 1.72. The Bertz CT molecular complexity index is 486. The van der Waals surface area contributed by atoms with Crippen LogP contribution in [-0.4, -0.2) is 25.1 Å². The number of methoxy groups -OCH3 is 1. The number of ether oxygens (including phenoxy) is 1. The van der Waals surface area contributed by atoms with Gasteiger partial charge in [-0.25, -0.2) is 0 Å². The van der Waals surface area contributed by atoms with E-state index in [2.05, 4.69) is 5.32 Å². The van der Waals surface area contributed by atoms with Crippen LogP contribution in [0.15, 0.2) is 0 Å². The molecular weight excluding hydrogens is 293 g/mol. The number of carbonyl (C=O) groups excluding carboxylic acids is 1. The summed E-state index contributed by atoms with van der Waals surface area (Å²) in [6, 6.07) is -0.841. The highest BCUT2D eigenvalue weighted by molar-refractivity contribution is 7.19. The summed E-state index contributed by atoms with van der Waals surface area (Å²) in [5.41, 5.74) is 5.97. The molecule has 0 aliphatic heterocycles. The van der Waals surface area contributed by atoms with Gasteiger partial charge in [0.1, 0.15) is 5.00 Å². The summed E-state index contributed by atoms with van der Waals surface area (Å²) in [7, 11) is 1.36. The number of hydrogen-bond donors (Lipinski definition) is 2. The van der Waals surface area contributed by atoms with Crippen LogP contribution in [0.3, 0.4) is 0 Å². The maximum absolute atomic E-state index is 12.3. The predicted molar refractivity (Wildman–Crippen MR) is 73.7 cm³/mol. The van der Waals surface area contributed by atoms with Crippen molar-refractivity contribution >= 4 is 27.8 Å². The highest BCUT2D eigenvalue weighted by Gasteiger charge is 2.31. The van der Waals surface area contributed by atoms with Crippen molar-refractivity contribution in [1.29, 1.82) is 0 Å². The lowest BCUT2D eigenvalue weighted by Gasteiger charge is -2.16. The van der Waals surface area contributed by atoms with Crippen LogP contribution in [0.25, 0.3) is 0 Å².